The van der Waals surface area contributed by atoms with Gasteiger partial charge < -0.3 is 4.42 Å². The third-order valence-electron chi connectivity index (χ3n) is 3.83. The number of rotatable bonds is 1. The number of fused-ring (bicyclic) bond motifs is 3. The zero-order valence-electron chi connectivity index (χ0n) is 12.3. The highest BCUT2D eigenvalue weighted by molar-refractivity contribution is 6.10. The van der Waals surface area contributed by atoms with Crippen molar-refractivity contribution < 1.29 is 9.21 Å². The Balaban J connectivity index is 2.03. The van der Waals surface area contributed by atoms with Gasteiger partial charge in [0.15, 0.2) is 0 Å². The second-order valence-electron chi connectivity index (χ2n) is 5.41. The zero-order chi connectivity index (χ0) is 15.3. The topological polar surface area (TPSA) is 48.0 Å². The van der Waals surface area contributed by atoms with Crippen LogP contribution < -0.4 is 0 Å². The number of aryl methyl sites for hydroxylation is 1. The van der Waals surface area contributed by atoms with Gasteiger partial charge in [0, 0.05) is 17.9 Å². The maximum atomic E-state index is 12.0. The third kappa shape index (κ3) is 1.77. The summed E-state index contributed by atoms with van der Waals surface area (Å²) in [5.41, 5.74) is 4.14. The quantitative estimate of drug-likeness (QED) is 0.521. The summed E-state index contributed by atoms with van der Waals surface area (Å²) in [4.78, 5) is 16.6. The molecule has 0 atom stereocenters. The Labute approximate surface area is 127 Å². The van der Waals surface area contributed by atoms with Crippen molar-refractivity contribution in [2.24, 2.45) is 0 Å². The van der Waals surface area contributed by atoms with Gasteiger partial charge in [0.2, 0.25) is 17.5 Å². The number of oxazole rings is 1. The molecule has 0 amide bonds. The summed E-state index contributed by atoms with van der Waals surface area (Å²) >= 11 is 0. The minimum Gasteiger partial charge on any atom is -0.419 e. The molecular formula is C18H14N2O2. The first kappa shape index (κ1) is 12.8. The smallest absolute Gasteiger partial charge is 0.236 e. The van der Waals surface area contributed by atoms with Gasteiger partial charge in [-0.2, -0.15) is 0 Å². The van der Waals surface area contributed by atoms with Crippen LogP contribution in [0.25, 0.3) is 33.6 Å². The van der Waals surface area contributed by atoms with Gasteiger partial charge >= 0.3 is 0 Å². The summed E-state index contributed by atoms with van der Waals surface area (Å²) in [5, 5.41) is 0.926. The van der Waals surface area contributed by atoms with Gasteiger partial charge in [-0.3, -0.25) is 4.79 Å². The van der Waals surface area contributed by atoms with Crippen LogP contribution in [0.5, 0.6) is 0 Å². The molecular weight excluding hydrogens is 276 g/mol. The molecule has 0 saturated heterocycles. The minimum atomic E-state index is -0.0854. The third-order valence-corrected chi connectivity index (χ3v) is 3.83. The number of hydrogen-bond acceptors (Lipinski definition) is 3. The highest BCUT2D eigenvalue weighted by Crippen LogP contribution is 2.32. The molecule has 4 nitrogen and oxygen atoms in total. The molecule has 2 heterocycles. The number of nitrogens with zero attached hydrogens (tertiary/aromatic N) is 2. The van der Waals surface area contributed by atoms with Gasteiger partial charge in [-0.25, -0.2) is 9.55 Å². The van der Waals surface area contributed by atoms with E-state index in [4.69, 9.17) is 4.42 Å². The molecule has 0 radical (unpaired) electrons. The first-order valence-corrected chi connectivity index (χ1v) is 7.13. The second kappa shape index (κ2) is 4.56. The lowest BCUT2D eigenvalue weighted by Gasteiger charge is -2.00. The van der Waals surface area contributed by atoms with Crippen LogP contribution in [0.2, 0.25) is 0 Å². The van der Waals surface area contributed by atoms with Gasteiger partial charge in [-0.15, -0.1) is 0 Å². The van der Waals surface area contributed by atoms with Crippen molar-refractivity contribution in [3.05, 3.63) is 54.1 Å². The molecule has 0 unspecified atom stereocenters. The fraction of sp³-hybridized carbons (Fsp3) is 0.111. The fourth-order valence-electron chi connectivity index (χ4n) is 2.75. The van der Waals surface area contributed by atoms with Crippen molar-refractivity contribution in [1.82, 2.24) is 9.55 Å². The number of benzene rings is 2. The summed E-state index contributed by atoms with van der Waals surface area (Å²) in [6, 6.07) is 15.7. The summed E-state index contributed by atoms with van der Waals surface area (Å²) in [6.45, 7) is 3.56. The van der Waals surface area contributed by atoms with Crippen molar-refractivity contribution in [3.63, 3.8) is 0 Å². The van der Waals surface area contributed by atoms with Gasteiger partial charge in [-0.05, 0) is 25.1 Å². The normalized spacial score (nSPS) is 11.4. The van der Waals surface area contributed by atoms with Gasteiger partial charge in [0.05, 0.1) is 5.52 Å². The molecule has 22 heavy (non-hydrogen) atoms. The molecule has 0 bridgehead atoms. The van der Waals surface area contributed by atoms with Crippen molar-refractivity contribution in [3.8, 4) is 11.5 Å². The Morgan fingerprint density at radius 3 is 2.55 bits per heavy atom. The molecule has 4 aromatic rings. The first-order valence-electron chi connectivity index (χ1n) is 7.13. The second-order valence-corrected chi connectivity index (χ2v) is 5.41. The van der Waals surface area contributed by atoms with Crippen LogP contribution in [0, 0.1) is 6.92 Å². The molecule has 0 aliphatic heterocycles. The molecule has 0 fully saturated rings. The molecule has 108 valence electrons. The Kier molecular flexibility index (Phi) is 2.66. The van der Waals surface area contributed by atoms with Crippen LogP contribution in [0.15, 0.2) is 52.9 Å². The summed E-state index contributed by atoms with van der Waals surface area (Å²) in [6.07, 6.45) is 0. The van der Waals surface area contributed by atoms with E-state index in [1.54, 1.807) is 4.57 Å². The van der Waals surface area contributed by atoms with E-state index in [1.165, 1.54) is 12.5 Å². The van der Waals surface area contributed by atoms with E-state index >= 15 is 0 Å². The number of carbonyl (C=O) groups excluding carboxylic acids is 1. The van der Waals surface area contributed by atoms with E-state index in [1.807, 2.05) is 55.5 Å². The maximum Gasteiger partial charge on any atom is 0.236 e. The van der Waals surface area contributed by atoms with Gasteiger partial charge in [-0.1, -0.05) is 35.9 Å². The van der Waals surface area contributed by atoms with E-state index in [0.717, 1.165) is 22.0 Å². The predicted molar refractivity (Wildman–Crippen MR) is 86.0 cm³/mol. The maximum absolute atomic E-state index is 12.0. The number of hydrogen-bond donors (Lipinski definition) is 0. The molecule has 2 aromatic carbocycles. The fourth-order valence-corrected chi connectivity index (χ4v) is 2.75. The van der Waals surface area contributed by atoms with Gasteiger partial charge in [0.1, 0.15) is 5.52 Å². The Morgan fingerprint density at radius 1 is 1.09 bits per heavy atom. The zero-order valence-corrected chi connectivity index (χ0v) is 12.3. The van der Waals surface area contributed by atoms with Crippen LogP contribution in [-0.2, 0) is 0 Å². The molecule has 0 N–H and O–H groups in total. The van der Waals surface area contributed by atoms with E-state index in [9.17, 15) is 4.79 Å². The van der Waals surface area contributed by atoms with E-state index in [2.05, 4.69) is 4.98 Å². The average Bonchev–Trinajstić information content (AvgIpc) is 3.04. The predicted octanol–water partition coefficient (Wildman–Crippen LogP) is 4.42. The highest BCUT2D eigenvalue weighted by atomic mass is 16.4. The highest BCUT2D eigenvalue weighted by Gasteiger charge is 2.19. The first-order chi connectivity index (χ1) is 10.6. The Bertz CT molecular complexity index is 1010. The van der Waals surface area contributed by atoms with Crippen molar-refractivity contribution in [2.75, 3.05) is 0 Å². The van der Waals surface area contributed by atoms with E-state index in [0.29, 0.717) is 11.6 Å². The average molecular weight is 290 g/mol. The lowest BCUT2D eigenvalue weighted by Crippen LogP contribution is -2.03. The molecule has 4 heteroatoms. The van der Waals surface area contributed by atoms with Crippen molar-refractivity contribution in [1.29, 1.82) is 0 Å². The van der Waals surface area contributed by atoms with Crippen LogP contribution in [0.3, 0.4) is 0 Å². The lowest BCUT2D eigenvalue weighted by atomic mass is 10.1. The SMILES string of the molecule is CC(=O)n1c2ccccc2c2nc(-c3ccc(C)cc3)oc21. The van der Waals surface area contributed by atoms with Crippen molar-refractivity contribution in [2.45, 2.75) is 13.8 Å². The summed E-state index contributed by atoms with van der Waals surface area (Å²) in [7, 11) is 0. The van der Waals surface area contributed by atoms with Gasteiger partial charge in [0.25, 0.3) is 0 Å². The molecule has 4 rings (SSSR count). The van der Waals surface area contributed by atoms with E-state index in [-0.39, 0.29) is 5.91 Å². The number of para-hydroxylation sites is 1. The van der Waals surface area contributed by atoms with Crippen molar-refractivity contribution >= 4 is 28.0 Å². The minimum absolute atomic E-state index is 0.0854. The molecule has 0 aliphatic carbocycles. The van der Waals surface area contributed by atoms with E-state index < -0.39 is 0 Å². The monoisotopic (exact) mass is 290 g/mol. The van der Waals surface area contributed by atoms with Crippen LogP contribution in [-0.4, -0.2) is 15.5 Å². The Morgan fingerprint density at radius 2 is 1.82 bits per heavy atom. The van der Waals surface area contributed by atoms with Crippen LogP contribution in [0.4, 0.5) is 0 Å². The molecule has 0 aliphatic rings. The number of aromatic nitrogens is 2. The van der Waals surface area contributed by atoms with Crippen LogP contribution >= 0.6 is 0 Å². The van der Waals surface area contributed by atoms with Crippen LogP contribution in [0.1, 0.15) is 17.3 Å². The summed E-state index contributed by atoms with van der Waals surface area (Å²) in [5.74, 6) is 0.448. The Hall–Kier alpha value is -2.88. The largest absolute Gasteiger partial charge is 0.419 e. The number of carbonyl (C=O) groups is 1. The standard InChI is InChI=1S/C18H14N2O2/c1-11-7-9-13(10-8-11)17-19-16-14-5-3-4-6-15(14)20(12(2)21)18(16)22-17/h3-10H,1-2H3. The molecule has 0 spiro atoms. The molecule has 0 saturated carbocycles. The lowest BCUT2D eigenvalue weighted by molar-refractivity contribution is 0.0943. The molecule has 2 aromatic heterocycles. The summed E-state index contributed by atoms with van der Waals surface area (Å²) < 4.78 is 7.48.